The van der Waals surface area contributed by atoms with Crippen molar-refractivity contribution in [2.45, 2.75) is 32.6 Å². The monoisotopic (exact) mass is 225 g/mol. The van der Waals surface area contributed by atoms with Gasteiger partial charge in [0, 0.05) is 5.56 Å². The molecule has 0 saturated heterocycles. The van der Waals surface area contributed by atoms with Crippen LogP contribution in [-0.4, -0.2) is 13.7 Å². The number of hydrogen-bond donors (Lipinski definition) is 1. The van der Waals surface area contributed by atoms with E-state index in [1.165, 1.54) is 6.07 Å². The number of ether oxygens (including phenoxy) is 1. The molecule has 0 unspecified atom stereocenters. The van der Waals surface area contributed by atoms with E-state index in [0.717, 1.165) is 12.0 Å². The maximum atomic E-state index is 14.0. The minimum absolute atomic E-state index is 0.213. The minimum atomic E-state index is -0.308. The molecular weight excluding hydrogens is 205 g/mol. The summed E-state index contributed by atoms with van der Waals surface area (Å²) in [6.45, 7) is 6.35. The zero-order chi connectivity index (χ0) is 12.3. The van der Waals surface area contributed by atoms with Crippen LogP contribution in [0.25, 0.3) is 0 Å². The van der Waals surface area contributed by atoms with E-state index in [4.69, 9.17) is 10.5 Å². The van der Waals surface area contributed by atoms with Gasteiger partial charge in [-0.25, -0.2) is 4.39 Å². The highest BCUT2D eigenvalue weighted by Gasteiger charge is 2.27. The van der Waals surface area contributed by atoms with Crippen LogP contribution < -0.4 is 10.5 Å². The van der Waals surface area contributed by atoms with Gasteiger partial charge in [0.05, 0.1) is 7.11 Å². The molecule has 3 heteroatoms. The number of rotatable bonds is 4. The predicted octanol–water partition coefficient (Wildman–Crippen LogP) is 2.77. The third kappa shape index (κ3) is 2.53. The van der Waals surface area contributed by atoms with Crippen LogP contribution in [-0.2, 0) is 5.41 Å². The molecule has 0 aliphatic rings. The average Bonchev–Trinajstić information content (AvgIpc) is 2.15. The molecule has 16 heavy (non-hydrogen) atoms. The Morgan fingerprint density at radius 3 is 2.50 bits per heavy atom. The quantitative estimate of drug-likeness (QED) is 0.855. The van der Waals surface area contributed by atoms with Crippen molar-refractivity contribution in [2.75, 3.05) is 13.7 Å². The Hall–Kier alpha value is -1.09. The molecule has 0 radical (unpaired) electrons. The minimum Gasteiger partial charge on any atom is -0.496 e. The van der Waals surface area contributed by atoms with Crippen molar-refractivity contribution >= 4 is 0 Å². The molecule has 90 valence electrons. The molecule has 0 aliphatic carbocycles. The van der Waals surface area contributed by atoms with Gasteiger partial charge in [0.2, 0.25) is 0 Å². The zero-order valence-electron chi connectivity index (χ0n) is 10.4. The Labute approximate surface area is 96.6 Å². The maximum absolute atomic E-state index is 14.0. The summed E-state index contributed by atoms with van der Waals surface area (Å²) >= 11 is 0. The van der Waals surface area contributed by atoms with E-state index >= 15 is 0 Å². The van der Waals surface area contributed by atoms with Gasteiger partial charge < -0.3 is 10.5 Å². The van der Waals surface area contributed by atoms with E-state index in [0.29, 0.717) is 17.9 Å². The normalized spacial score (nSPS) is 11.6. The Balaban J connectivity index is 3.31. The molecule has 0 aromatic heterocycles. The topological polar surface area (TPSA) is 35.2 Å². The van der Waals surface area contributed by atoms with Crippen molar-refractivity contribution in [1.82, 2.24) is 0 Å². The summed E-state index contributed by atoms with van der Waals surface area (Å²) in [5.74, 6) is 0.395. The molecule has 0 amide bonds. The first-order valence-electron chi connectivity index (χ1n) is 5.47. The van der Waals surface area contributed by atoms with Crippen LogP contribution >= 0.6 is 0 Å². The molecular formula is C13H20FNO. The highest BCUT2D eigenvalue weighted by molar-refractivity contribution is 5.42. The van der Waals surface area contributed by atoms with Gasteiger partial charge in [0.1, 0.15) is 11.6 Å². The molecule has 0 spiro atoms. The highest BCUT2D eigenvalue weighted by Crippen LogP contribution is 2.36. The average molecular weight is 225 g/mol. The summed E-state index contributed by atoms with van der Waals surface area (Å²) in [7, 11) is 1.57. The summed E-state index contributed by atoms with van der Waals surface area (Å²) in [5, 5.41) is 0. The molecule has 0 heterocycles. The van der Waals surface area contributed by atoms with E-state index in [-0.39, 0.29) is 11.2 Å². The van der Waals surface area contributed by atoms with Crippen molar-refractivity contribution in [2.24, 2.45) is 5.73 Å². The number of benzene rings is 1. The van der Waals surface area contributed by atoms with Gasteiger partial charge in [-0.1, -0.05) is 13.8 Å². The lowest BCUT2D eigenvalue weighted by Crippen LogP contribution is -2.24. The smallest absolute Gasteiger partial charge is 0.130 e. The number of halogens is 1. The van der Waals surface area contributed by atoms with Gasteiger partial charge in [0.15, 0.2) is 0 Å². The fraction of sp³-hybridized carbons (Fsp3) is 0.538. The summed E-state index contributed by atoms with van der Waals surface area (Å²) < 4.78 is 19.3. The number of hydrogen-bond acceptors (Lipinski definition) is 2. The van der Waals surface area contributed by atoms with Crippen molar-refractivity contribution in [3.8, 4) is 5.75 Å². The molecule has 0 aliphatic heterocycles. The second-order valence-corrected chi connectivity index (χ2v) is 4.75. The Morgan fingerprint density at radius 1 is 1.38 bits per heavy atom. The van der Waals surface area contributed by atoms with Crippen molar-refractivity contribution in [1.29, 1.82) is 0 Å². The third-order valence-electron chi connectivity index (χ3n) is 2.86. The van der Waals surface area contributed by atoms with E-state index in [1.54, 1.807) is 7.11 Å². The number of nitrogens with two attached hydrogens (primary N) is 1. The second-order valence-electron chi connectivity index (χ2n) is 4.75. The van der Waals surface area contributed by atoms with Gasteiger partial charge >= 0.3 is 0 Å². The SMILES string of the molecule is COc1cc(C)cc(F)c1C(C)(C)CCN. The van der Waals surface area contributed by atoms with Crippen molar-refractivity contribution in [3.05, 3.63) is 29.1 Å². The fourth-order valence-electron chi connectivity index (χ4n) is 2.01. The molecule has 0 atom stereocenters. The second kappa shape index (κ2) is 4.83. The summed E-state index contributed by atoms with van der Waals surface area (Å²) in [4.78, 5) is 0. The summed E-state index contributed by atoms with van der Waals surface area (Å²) in [6, 6.07) is 3.40. The lowest BCUT2D eigenvalue weighted by molar-refractivity contribution is 0.374. The van der Waals surface area contributed by atoms with Crippen molar-refractivity contribution in [3.63, 3.8) is 0 Å². The zero-order valence-corrected chi connectivity index (χ0v) is 10.4. The molecule has 2 N–H and O–H groups in total. The molecule has 1 aromatic rings. The van der Waals surface area contributed by atoms with Gasteiger partial charge in [-0.2, -0.15) is 0 Å². The molecule has 2 nitrogen and oxygen atoms in total. The first-order chi connectivity index (χ1) is 7.42. The van der Waals surface area contributed by atoms with Crippen LogP contribution in [0.5, 0.6) is 5.75 Å². The van der Waals surface area contributed by atoms with Gasteiger partial charge in [-0.15, -0.1) is 0 Å². The van der Waals surface area contributed by atoms with Crippen LogP contribution in [0.1, 0.15) is 31.4 Å². The van der Waals surface area contributed by atoms with Crippen LogP contribution in [0.2, 0.25) is 0 Å². The Kier molecular flexibility index (Phi) is 3.92. The third-order valence-corrected chi connectivity index (χ3v) is 2.86. The molecule has 0 saturated carbocycles. The van der Waals surface area contributed by atoms with Crippen LogP contribution in [0.3, 0.4) is 0 Å². The largest absolute Gasteiger partial charge is 0.496 e. The predicted molar refractivity (Wildman–Crippen MR) is 64.4 cm³/mol. The van der Waals surface area contributed by atoms with Crippen LogP contribution in [0.15, 0.2) is 12.1 Å². The van der Waals surface area contributed by atoms with Gasteiger partial charge in [-0.3, -0.25) is 0 Å². The van der Waals surface area contributed by atoms with E-state index in [9.17, 15) is 4.39 Å². The number of aryl methyl sites for hydroxylation is 1. The summed E-state index contributed by atoms with van der Waals surface area (Å²) in [6.07, 6.45) is 0.726. The van der Waals surface area contributed by atoms with Gasteiger partial charge in [0.25, 0.3) is 0 Å². The van der Waals surface area contributed by atoms with Crippen LogP contribution in [0, 0.1) is 12.7 Å². The standard InChI is InChI=1S/C13H20FNO/c1-9-7-10(14)12(11(8-9)16-4)13(2,3)5-6-15/h7-8H,5-6,15H2,1-4H3. The van der Waals surface area contributed by atoms with E-state index in [2.05, 4.69) is 0 Å². The lowest BCUT2D eigenvalue weighted by Gasteiger charge is -2.27. The molecule has 0 fully saturated rings. The maximum Gasteiger partial charge on any atom is 0.130 e. The Morgan fingerprint density at radius 2 is 2.00 bits per heavy atom. The van der Waals surface area contributed by atoms with Crippen molar-refractivity contribution < 1.29 is 9.13 Å². The fourth-order valence-corrected chi connectivity index (χ4v) is 2.01. The summed E-state index contributed by atoms with van der Waals surface area (Å²) in [5.41, 5.74) is 6.73. The first kappa shape index (κ1) is 13.0. The first-order valence-corrected chi connectivity index (χ1v) is 5.47. The Bertz CT molecular complexity index is 374. The lowest BCUT2D eigenvalue weighted by atomic mass is 9.80. The highest BCUT2D eigenvalue weighted by atomic mass is 19.1. The number of methoxy groups -OCH3 is 1. The molecule has 0 bridgehead atoms. The molecule has 1 aromatic carbocycles. The van der Waals surface area contributed by atoms with E-state index < -0.39 is 0 Å². The van der Waals surface area contributed by atoms with Gasteiger partial charge in [-0.05, 0) is 43.0 Å². The van der Waals surface area contributed by atoms with Crippen LogP contribution in [0.4, 0.5) is 4.39 Å². The molecule has 1 rings (SSSR count). The van der Waals surface area contributed by atoms with E-state index in [1.807, 2.05) is 26.8 Å².